The Hall–Kier alpha value is -1.91. The van der Waals surface area contributed by atoms with E-state index in [4.69, 9.17) is 27.9 Å². The number of rotatable bonds is 5. The summed E-state index contributed by atoms with van der Waals surface area (Å²) in [5, 5.41) is 0.589. The maximum atomic E-state index is 11.9. The third-order valence-electron chi connectivity index (χ3n) is 2.68. The van der Waals surface area contributed by atoms with Crippen LogP contribution in [0.2, 0.25) is 10.2 Å². The van der Waals surface area contributed by atoms with E-state index in [1.165, 1.54) is 12.3 Å². The van der Waals surface area contributed by atoms with Crippen LogP contribution in [0.3, 0.4) is 0 Å². The van der Waals surface area contributed by atoms with Crippen LogP contribution in [0.1, 0.15) is 27.1 Å². The van der Waals surface area contributed by atoms with Gasteiger partial charge in [-0.3, -0.25) is 4.79 Å². The van der Waals surface area contributed by atoms with Gasteiger partial charge in [0, 0.05) is 17.6 Å². The maximum absolute atomic E-state index is 11.9. The minimum absolute atomic E-state index is 0.0323. The van der Waals surface area contributed by atoms with Gasteiger partial charge in [0.05, 0.1) is 17.7 Å². The number of halogens is 2. The average Bonchev–Trinajstić information content (AvgIpc) is 2.47. The number of Topliss-reactive ketones (excluding diaryl/α,β-unsaturated/α-hetero) is 1. The van der Waals surface area contributed by atoms with Crippen LogP contribution in [0.4, 0.5) is 0 Å². The lowest BCUT2D eigenvalue weighted by Gasteiger charge is -2.05. The minimum atomic E-state index is -0.525. The van der Waals surface area contributed by atoms with Crippen molar-refractivity contribution >= 4 is 35.0 Å². The van der Waals surface area contributed by atoms with Crippen molar-refractivity contribution in [2.75, 3.05) is 6.61 Å². The lowest BCUT2D eigenvalue weighted by molar-refractivity contribution is 0.0496. The summed E-state index contributed by atoms with van der Waals surface area (Å²) in [4.78, 5) is 27.5. The summed E-state index contributed by atoms with van der Waals surface area (Å²) < 4.78 is 5.03. The Morgan fingerprint density at radius 3 is 2.67 bits per heavy atom. The van der Waals surface area contributed by atoms with Crippen LogP contribution in [-0.4, -0.2) is 23.3 Å². The summed E-state index contributed by atoms with van der Waals surface area (Å²) in [6.45, 7) is -0.0323. The highest BCUT2D eigenvalue weighted by Crippen LogP contribution is 2.14. The monoisotopic (exact) mass is 323 g/mol. The van der Waals surface area contributed by atoms with Gasteiger partial charge in [-0.1, -0.05) is 29.3 Å². The molecular formula is C15H11Cl2NO3. The second-order valence-corrected chi connectivity index (χ2v) is 4.96. The topological polar surface area (TPSA) is 56.3 Å². The molecule has 6 heteroatoms. The number of aromatic nitrogens is 1. The van der Waals surface area contributed by atoms with E-state index in [0.29, 0.717) is 16.1 Å². The van der Waals surface area contributed by atoms with E-state index in [-0.39, 0.29) is 24.0 Å². The number of benzene rings is 1. The predicted octanol–water partition coefficient (Wildman–Crippen LogP) is 3.82. The van der Waals surface area contributed by atoms with Gasteiger partial charge in [0.15, 0.2) is 5.78 Å². The lowest BCUT2D eigenvalue weighted by atomic mass is 10.1. The number of pyridine rings is 1. The smallest absolute Gasteiger partial charge is 0.338 e. The SMILES string of the molecule is O=C(OCCC(=O)c1cccnc1Cl)c1cccc(Cl)c1. The van der Waals surface area contributed by atoms with E-state index in [1.807, 2.05) is 0 Å². The summed E-state index contributed by atoms with van der Waals surface area (Å²) >= 11 is 11.6. The average molecular weight is 324 g/mol. The molecule has 0 spiro atoms. The maximum Gasteiger partial charge on any atom is 0.338 e. The molecule has 108 valence electrons. The van der Waals surface area contributed by atoms with E-state index in [1.54, 1.807) is 30.3 Å². The summed E-state index contributed by atoms with van der Waals surface area (Å²) in [7, 11) is 0. The first-order valence-corrected chi connectivity index (χ1v) is 6.90. The molecule has 0 unspecified atom stereocenters. The quantitative estimate of drug-likeness (QED) is 0.477. The van der Waals surface area contributed by atoms with Gasteiger partial charge >= 0.3 is 5.97 Å². The van der Waals surface area contributed by atoms with E-state index in [0.717, 1.165) is 0 Å². The van der Waals surface area contributed by atoms with Gasteiger partial charge < -0.3 is 4.74 Å². The normalized spacial score (nSPS) is 10.2. The Kier molecular flexibility index (Phi) is 5.31. The van der Waals surface area contributed by atoms with Crippen molar-refractivity contribution in [1.29, 1.82) is 0 Å². The molecule has 0 radical (unpaired) electrons. The van der Waals surface area contributed by atoms with Crippen LogP contribution in [0.5, 0.6) is 0 Å². The van der Waals surface area contributed by atoms with Crippen molar-refractivity contribution in [3.05, 3.63) is 63.9 Å². The van der Waals surface area contributed by atoms with Gasteiger partial charge in [-0.15, -0.1) is 0 Å². The Morgan fingerprint density at radius 2 is 1.95 bits per heavy atom. The number of esters is 1. The van der Waals surface area contributed by atoms with Gasteiger partial charge in [-0.25, -0.2) is 9.78 Å². The number of ketones is 1. The van der Waals surface area contributed by atoms with Gasteiger partial charge in [-0.05, 0) is 30.3 Å². The number of ether oxygens (including phenoxy) is 1. The summed E-state index contributed by atoms with van der Waals surface area (Å²) in [5.41, 5.74) is 0.660. The molecule has 0 amide bonds. The van der Waals surface area contributed by atoms with Crippen molar-refractivity contribution in [3.63, 3.8) is 0 Å². The summed E-state index contributed by atoms with van der Waals surface area (Å²) in [6.07, 6.45) is 1.54. The number of nitrogens with zero attached hydrogens (tertiary/aromatic N) is 1. The van der Waals surface area contributed by atoms with Crippen LogP contribution in [0.25, 0.3) is 0 Å². The fourth-order valence-electron chi connectivity index (χ4n) is 1.66. The molecule has 1 aromatic heterocycles. The van der Waals surface area contributed by atoms with Crippen molar-refractivity contribution in [2.24, 2.45) is 0 Å². The molecule has 0 aliphatic heterocycles. The fraction of sp³-hybridized carbons (Fsp3) is 0.133. The second-order valence-electron chi connectivity index (χ2n) is 4.16. The van der Waals surface area contributed by atoms with Crippen LogP contribution < -0.4 is 0 Å². The Labute approximate surface area is 131 Å². The third-order valence-corrected chi connectivity index (χ3v) is 3.22. The first kappa shape index (κ1) is 15.5. The molecule has 0 atom stereocenters. The van der Waals surface area contributed by atoms with Gasteiger partial charge in [-0.2, -0.15) is 0 Å². The van der Waals surface area contributed by atoms with E-state index in [9.17, 15) is 9.59 Å². The molecule has 21 heavy (non-hydrogen) atoms. The molecule has 2 rings (SSSR count). The highest BCUT2D eigenvalue weighted by atomic mass is 35.5. The van der Waals surface area contributed by atoms with Gasteiger partial charge in [0.1, 0.15) is 5.15 Å². The minimum Gasteiger partial charge on any atom is -0.462 e. The largest absolute Gasteiger partial charge is 0.462 e. The van der Waals surface area contributed by atoms with E-state index < -0.39 is 5.97 Å². The zero-order valence-corrected chi connectivity index (χ0v) is 12.4. The predicted molar refractivity (Wildman–Crippen MR) is 79.9 cm³/mol. The number of hydrogen-bond acceptors (Lipinski definition) is 4. The zero-order chi connectivity index (χ0) is 15.2. The van der Waals surface area contributed by atoms with E-state index >= 15 is 0 Å². The Morgan fingerprint density at radius 1 is 1.14 bits per heavy atom. The molecule has 0 aliphatic carbocycles. The molecule has 2 aromatic rings. The first-order chi connectivity index (χ1) is 10.1. The molecule has 4 nitrogen and oxygen atoms in total. The molecule has 0 bridgehead atoms. The zero-order valence-electron chi connectivity index (χ0n) is 10.9. The summed E-state index contributed by atoms with van der Waals surface area (Å²) in [5.74, 6) is -0.755. The first-order valence-electron chi connectivity index (χ1n) is 6.14. The van der Waals surface area contributed by atoms with Crippen LogP contribution in [-0.2, 0) is 4.74 Å². The van der Waals surface area contributed by atoms with Crippen molar-refractivity contribution in [3.8, 4) is 0 Å². The number of carbonyl (C=O) groups excluding carboxylic acids is 2. The molecule has 1 heterocycles. The standard InChI is InChI=1S/C15H11Cl2NO3/c16-11-4-1-3-10(9-11)15(20)21-8-6-13(19)12-5-2-7-18-14(12)17/h1-5,7,9H,6,8H2. The van der Waals surface area contributed by atoms with Crippen molar-refractivity contribution in [2.45, 2.75) is 6.42 Å². The fourth-order valence-corrected chi connectivity index (χ4v) is 2.08. The molecule has 0 saturated carbocycles. The molecule has 0 saturated heterocycles. The molecule has 0 fully saturated rings. The number of hydrogen-bond donors (Lipinski definition) is 0. The molecule has 0 aliphatic rings. The molecular weight excluding hydrogens is 313 g/mol. The van der Waals surface area contributed by atoms with Crippen LogP contribution >= 0.6 is 23.2 Å². The Balaban J connectivity index is 1.88. The van der Waals surface area contributed by atoms with Crippen molar-refractivity contribution in [1.82, 2.24) is 4.98 Å². The molecule has 1 aromatic carbocycles. The van der Waals surface area contributed by atoms with E-state index in [2.05, 4.69) is 4.98 Å². The van der Waals surface area contributed by atoms with Gasteiger partial charge in [0.25, 0.3) is 0 Å². The van der Waals surface area contributed by atoms with Gasteiger partial charge in [0.2, 0.25) is 0 Å². The lowest BCUT2D eigenvalue weighted by Crippen LogP contribution is -2.10. The summed E-state index contributed by atoms with van der Waals surface area (Å²) in [6, 6.07) is 9.61. The van der Waals surface area contributed by atoms with Crippen LogP contribution in [0, 0.1) is 0 Å². The highest BCUT2D eigenvalue weighted by Gasteiger charge is 2.13. The van der Waals surface area contributed by atoms with Crippen LogP contribution in [0.15, 0.2) is 42.6 Å². The molecule has 0 N–H and O–H groups in total. The van der Waals surface area contributed by atoms with Crippen molar-refractivity contribution < 1.29 is 14.3 Å². The Bertz CT molecular complexity index is 673. The number of carbonyl (C=O) groups is 2. The third kappa shape index (κ3) is 4.28. The highest BCUT2D eigenvalue weighted by molar-refractivity contribution is 6.32. The second kappa shape index (κ2) is 7.20.